The second-order valence-corrected chi connectivity index (χ2v) is 4.46. The molecule has 112 valence electrons. The van der Waals surface area contributed by atoms with Gasteiger partial charge >= 0.3 is 0 Å². The summed E-state index contributed by atoms with van der Waals surface area (Å²) < 4.78 is 16.2. The van der Waals surface area contributed by atoms with Gasteiger partial charge < -0.3 is 19.5 Å². The summed E-state index contributed by atoms with van der Waals surface area (Å²) in [6.07, 6.45) is 0. The van der Waals surface area contributed by atoms with E-state index in [4.69, 9.17) is 14.2 Å². The Morgan fingerprint density at radius 2 is 1.67 bits per heavy atom. The van der Waals surface area contributed by atoms with Crippen LogP contribution in [0, 0.1) is 0 Å². The van der Waals surface area contributed by atoms with Gasteiger partial charge in [0.05, 0.1) is 20.8 Å². The zero-order valence-electron chi connectivity index (χ0n) is 12.7. The number of anilines is 1. The number of methoxy groups -OCH3 is 2. The second kappa shape index (κ2) is 7.43. The highest BCUT2D eigenvalue weighted by Crippen LogP contribution is 2.30. The highest BCUT2D eigenvalue weighted by atomic mass is 16.5. The van der Waals surface area contributed by atoms with Crippen LogP contribution in [0.4, 0.5) is 5.69 Å². The Morgan fingerprint density at radius 1 is 0.905 bits per heavy atom. The number of para-hydroxylation sites is 1. The predicted octanol–water partition coefficient (Wildman–Crippen LogP) is 3.71. The lowest BCUT2D eigenvalue weighted by atomic mass is 10.2. The molecule has 21 heavy (non-hydrogen) atoms. The molecule has 0 spiro atoms. The summed E-state index contributed by atoms with van der Waals surface area (Å²) in [5, 5.41) is 3.37. The Hall–Kier alpha value is -2.36. The molecule has 0 heterocycles. The third-order valence-corrected chi connectivity index (χ3v) is 3.14. The molecule has 2 aromatic rings. The molecule has 0 saturated carbocycles. The Kier molecular flexibility index (Phi) is 5.32. The quantitative estimate of drug-likeness (QED) is 0.842. The number of nitrogens with one attached hydrogen (secondary N) is 1. The molecule has 0 aliphatic rings. The summed E-state index contributed by atoms with van der Waals surface area (Å²) >= 11 is 0. The summed E-state index contributed by atoms with van der Waals surface area (Å²) in [6, 6.07) is 13.8. The molecule has 4 heteroatoms. The molecule has 0 aliphatic heterocycles. The highest BCUT2D eigenvalue weighted by molar-refractivity contribution is 5.55. The van der Waals surface area contributed by atoms with Gasteiger partial charge in [-0.05, 0) is 25.1 Å². The van der Waals surface area contributed by atoms with Gasteiger partial charge in [0, 0.05) is 23.9 Å². The fourth-order valence-corrected chi connectivity index (χ4v) is 2.10. The van der Waals surface area contributed by atoms with Crippen molar-refractivity contribution >= 4 is 5.69 Å². The fourth-order valence-electron chi connectivity index (χ4n) is 2.10. The van der Waals surface area contributed by atoms with Gasteiger partial charge in [-0.25, -0.2) is 0 Å². The number of rotatable bonds is 7. The van der Waals surface area contributed by atoms with Crippen LogP contribution in [0.15, 0.2) is 42.5 Å². The zero-order chi connectivity index (χ0) is 15.1. The average Bonchev–Trinajstić information content (AvgIpc) is 2.53. The average molecular weight is 287 g/mol. The van der Waals surface area contributed by atoms with E-state index in [0.29, 0.717) is 13.2 Å². The van der Waals surface area contributed by atoms with E-state index in [0.717, 1.165) is 28.5 Å². The first kappa shape index (κ1) is 15.0. The minimum atomic E-state index is 0.603. The number of benzene rings is 2. The second-order valence-electron chi connectivity index (χ2n) is 4.46. The molecule has 0 aromatic heterocycles. The van der Waals surface area contributed by atoms with Crippen LogP contribution in [0.1, 0.15) is 12.5 Å². The summed E-state index contributed by atoms with van der Waals surface area (Å²) in [4.78, 5) is 0. The van der Waals surface area contributed by atoms with E-state index in [1.807, 2.05) is 49.4 Å². The lowest BCUT2D eigenvalue weighted by Crippen LogP contribution is -2.02. The molecule has 0 amide bonds. The first-order valence-corrected chi connectivity index (χ1v) is 6.95. The third-order valence-electron chi connectivity index (χ3n) is 3.14. The molecule has 0 bridgehead atoms. The van der Waals surface area contributed by atoms with Gasteiger partial charge in [0.15, 0.2) is 11.5 Å². The van der Waals surface area contributed by atoms with Crippen molar-refractivity contribution in [2.24, 2.45) is 0 Å². The van der Waals surface area contributed by atoms with Crippen molar-refractivity contribution in [1.82, 2.24) is 0 Å². The van der Waals surface area contributed by atoms with Crippen molar-refractivity contribution in [3.05, 3.63) is 48.0 Å². The van der Waals surface area contributed by atoms with E-state index >= 15 is 0 Å². The molecular formula is C17H21NO3. The van der Waals surface area contributed by atoms with Crippen LogP contribution in [-0.2, 0) is 6.54 Å². The molecule has 4 nitrogen and oxygen atoms in total. The lowest BCUT2D eigenvalue weighted by Gasteiger charge is -2.13. The van der Waals surface area contributed by atoms with E-state index < -0.39 is 0 Å². The van der Waals surface area contributed by atoms with E-state index in [2.05, 4.69) is 5.32 Å². The maximum Gasteiger partial charge on any atom is 0.163 e. The molecule has 2 rings (SSSR count). The molecule has 0 aliphatic carbocycles. The van der Waals surface area contributed by atoms with Gasteiger partial charge in [0.1, 0.15) is 5.75 Å². The Bertz CT molecular complexity index is 584. The van der Waals surface area contributed by atoms with E-state index in [1.54, 1.807) is 14.2 Å². The van der Waals surface area contributed by atoms with E-state index in [9.17, 15) is 0 Å². The van der Waals surface area contributed by atoms with Crippen LogP contribution in [0.3, 0.4) is 0 Å². The summed E-state index contributed by atoms with van der Waals surface area (Å²) in [5.41, 5.74) is 2.08. The number of hydrogen-bond acceptors (Lipinski definition) is 4. The minimum Gasteiger partial charge on any atom is -0.496 e. The third kappa shape index (κ3) is 3.81. The Morgan fingerprint density at radius 3 is 2.38 bits per heavy atom. The van der Waals surface area contributed by atoms with Gasteiger partial charge in [-0.3, -0.25) is 0 Å². The maximum atomic E-state index is 5.58. The maximum absolute atomic E-state index is 5.58. The van der Waals surface area contributed by atoms with Gasteiger partial charge in [-0.1, -0.05) is 18.2 Å². The normalized spacial score (nSPS) is 10.0. The van der Waals surface area contributed by atoms with E-state index in [1.165, 1.54) is 0 Å². The fraction of sp³-hybridized carbons (Fsp3) is 0.294. The molecular weight excluding hydrogens is 266 g/mol. The Labute approximate surface area is 125 Å². The van der Waals surface area contributed by atoms with E-state index in [-0.39, 0.29) is 0 Å². The van der Waals surface area contributed by atoms with Crippen molar-refractivity contribution in [2.75, 3.05) is 26.1 Å². The SMILES string of the molecule is CCOc1cc(NCc2ccccc2OC)ccc1OC. The van der Waals surface area contributed by atoms with Crippen LogP contribution >= 0.6 is 0 Å². The van der Waals surface area contributed by atoms with Crippen molar-refractivity contribution in [3.8, 4) is 17.2 Å². The van der Waals surface area contributed by atoms with Gasteiger partial charge in [-0.15, -0.1) is 0 Å². The molecule has 0 saturated heterocycles. The topological polar surface area (TPSA) is 39.7 Å². The Balaban J connectivity index is 2.11. The molecule has 0 atom stereocenters. The molecule has 2 aromatic carbocycles. The minimum absolute atomic E-state index is 0.603. The first-order chi connectivity index (χ1) is 10.3. The summed E-state index contributed by atoms with van der Waals surface area (Å²) in [7, 11) is 3.32. The predicted molar refractivity (Wildman–Crippen MR) is 84.5 cm³/mol. The molecule has 1 N–H and O–H groups in total. The van der Waals surface area contributed by atoms with Crippen LogP contribution < -0.4 is 19.5 Å². The molecule has 0 unspecified atom stereocenters. The lowest BCUT2D eigenvalue weighted by molar-refractivity contribution is 0.311. The van der Waals surface area contributed by atoms with Crippen LogP contribution in [-0.4, -0.2) is 20.8 Å². The van der Waals surface area contributed by atoms with Gasteiger partial charge in [-0.2, -0.15) is 0 Å². The smallest absolute Gasteiger partial charge is 0.163 e. The monoisotopic (exact) mass is 287 g/mol. The largest absolute Gasteiger partial charge is 0.496 e. The molecule has 0 radical (unpaired) electrons. The van der Waals surface area contributed by atoms with Gasteiger partial charge in [0.25, 0.3) is 0 Å². The van der Waals surface area contributed by atoms with Gasteiger partial charge in [0.2, 0.25) is 0 Å². The zero-order valence-corrected chi connectivity index (χ0v) is 12.7. The number of ether oxygens (including phenoxy) is 3. The van der Waals surface area contributed by atoms with Crippen molar-refractivity contribution < 1.29 is 14.2 Å². The van der Waals surface area contributed by atoms with Crippen LogP contribution in [0.5, 0.6) is 17.2 Å². The highest BCUT2D eigenvalue weighted by Gasteiger charge is 2.06. The summed E-state index contributed by atoms with van der Waals surface area (Å²) in [6.45, 7) is 3.24. The summed E-state index contributed by atoms with van der Waals surface area (Å²) in [5.74, 6) is 2.35. The standard InChI is InChI=1S/C17H21NO3/c1-4-21-17-11-14(9-10-16(17)20-3)18-12-13-7-5-6-8-15(13)19-2/h5-11,18H,4,12H2,1-3H3. The van der Waals surface area contributed by atoms with Crippen molar-refractivity contribution in [2.45, 2.75) is 13.5 Å². The van der Waals surface area contributed by atoms with Crippen LogP contribution in [0.2, 0.25) is 0 Å². The first-order valence-electron chi connectivity index (χ1n) is 6.95. The van der Waals surface area contributed by atoms with Crippen molar-refractivity contribution in [1.29, 1.82) is 0 Å². The van der Waals surface area contributed by atoms with Crippen molar-refractivity contribution in [3.63, 3.8) is 0 Å². The van der Waals surface area contributed by atoms with Crippen LogP contribution in [0.25, 0.3) is 0 Å². The molecule has 0 fully saturated rings. The number of hydrogen-bond donors (Lipinski definition) is 1.